The van der Waals surface area contributed by atoms with Gasteiger partial charge in [-0.05, 0) is 23.8 Å². The number of hydrogen-bond acceptors (Lipinski definition) is 6. The molecule has 0 radical (unpaired) electrons. The maximum absolute atomic E-state index is 12.9. The van der Waals surface area contributed by atoms with E-state index in [2.05, 4.69) is 4.98 Å². The van der Waals surface area contributed by atoms with Gasteiger partial charge in [0.1, 0.15) is 6.61 Å². The van der Waals surface area contributed by atoms with E-state index in [9.17, 15) is 41.0 Å². The SMILES string of the molecule is NCC(=O)NC(=O)c1nccc(OCc2cc(C(F)(F)F)cc(C(F)(F)F)c2)c1O. The van der Waals surface area contributed by atoms with E-state index in [1.807, 2.05) is 0 Å². The summed E-state index contributed by atoms with van der Waals surface area (Å²) >= 11 is 0. The Labute approximate surface area is 164 Å². The molecule has 1 aromatic carbocycles. The summed E-state index contributed by atoms with van der Waals surface area (Å²) in [5.41, 5.74) is 0.821. The number of nitrogens with zero attached hydrogens (tertiary/aromatic N) is 1. The number of halogens is 6. The number of pyridine rings is 1. The van der Waals surface area contributed by atoms with Crippen LogP contribution in [0.1, 0.15) is 27.2 Å². The van der Waals surface area contributed by atoms with Crippen molar-refractivity contribution in [3.63, 3.8) is 0 Å². The fourth-order valence-electron chi connectivity index (χ4n) is 2.22. The fourth-order valence-corrected chi connectivity index (χ4v) is 2.22. The van der Waals surface area contributed by atoms with Gasteiger partial charge in [0, 0.05) is 12.3 Å². The molecule has 0 saturated heterocycles. The Morgan fingerprint density at radius 3 is 2.13 bits per heavy atom. The molecule has 4 N–H and O–H groups in total. The molecule has 0 bridgehead atoms. The lowest BCUT2D eigenvalue weighted by molar-refractivity contribution is -0.143. The second kappa shape index (κ2) is 8.57. The number of rotatable bonds is 5. The molecule has 0 atom stereocenters. The summed E-state index contributed by atoms with van der Waals surface area (Å²) in [6.45, 7) is -1.33. The summed E-state index contributed by atoms with van der Waals surface area (Å²) in [7, 11) is 0. The third-order valence-electron chi connectivity index (χ3n) is 3.58. The maximum Gasteiger partial charge on any atom is 0.416 e. The lowest BCUT2D eigenvalue weighted by Crippen LogP contribution is -2.35. The van der Waals surface area contributed by atoms with Crippen molar-refractivity contribution in [3.05, 3.63) is 52.8 Å². The number of alkyl halides is 6. The molecular weight excluding hydrogens is 424 g/mol. The Balaban J connectivity index is 2.30. The van der Waals surface area contributed by atoms with Gasteiger partial charge in [-0.25, -0.2) is 4.98 Å². The third kappa shape index (κ3) is 5.59. The lowest BCUT2D eigenvalue weighted by atomic mass is 10.1. The number of nitrogens with one attached hydrogen (secondary N) is 1. The first kappa shape index (κ1) is 22.9. The van der Waals surface area contributed by atoms with Crippen molar-refractivity contribution >= 4 is 11.8 Å². The number of amides is 2. The average molecular weight is 437 g/mol. The first-order valence-corrected chi connectivity index (χ1v) is 7.96. The molecule has 162 valence electrons. The zero-order valence-corrected chi connectivity index (χ0v) is 14.8. The van der Waals surface area contributed by atoms with E-state index in [-0.39, 0.29) is 6.07 Å². The first-order valence-electron chi connectivity index (χ1n) is 7.96. The van der Waals surface area contributed by atoms with Crippen LogP contribution in [-0.2, 0) is 23.8 Å². The van der Waals surface area contributed by atoms with Crippen molar-refractivity contribution in [2.24, 2.45) is 5.73 Å². The van der Waals surface area contributed by atoms with E-state index in [4.69, 9.17) is 10.5 Å². The van der Waals surface area contributed by atoms with Gasteiger partial charge in [-0.1, -0.05) is 0 Å². The molecule has 2 aromatic rings. The van der Waals surface area contributed by atoms with E-state index in [0.29, 0.717) is 12.1 Å². The van der Waals surface area contributed by atoms with Crippen LogP contribution in [0.4, 0.5) is 26.3 Å². The molecule has 0 spiro atoms. The van der Waals surface area contributed by atoms with Gasteiger partial charge in [-0.2, -0.15) is 26.3 Å². The molecule has 2 amide bonds. The van der Waals surface area contributed by atoms with E-state index >= 15 is 0 Å². The molecule has 2 rings (SSSR count). The highest BCUT2D eigenvalue weighted by Crippen LogP contribution is 2.37. The molecule has 0 saturated carbocycles. The second-order valence-corrected chi connectivity index (χ2v) is 5.79. The molecule has 7 nitrogen and oxygen atoms in total. The standard InChI is InChI=1S/C17H13F6N3O4/c18-16(19,20)9-3-8(4-10(5-9)17(21,22)23)7-30-11-1-2-25-13(14(11)28)15(29)26-12(27)6-24/h1-5,28H,6-7,24H2,(H,26,27,29). The van der Waals surface area contributed by atoms with Crippen molar-refractivity contribution in [1.29, 1.82) is 0 Å². The van der Waals surface area contributed by atoms with Crippen LogP contribution in [0.15, 0.2) is 30.5 Å². The van der Waals surface area contributed by atoms with Crippen LogP contribution < -0.4 is 15.8 Å². The minimum Gasteiger partial charge on any atom is -0.503 e. The Kier molecular flexibility index (Phi) is 6.55. The molecule has 0 unspecified atom stereocenters. The number of imide groups is 1. The predicted molar refractivity (Wildman–Crippen MR) is 88.2 cm³/mol. The normalized spacial score (nSPS) is 11.8. The van der Waals surface area contributed by atoms with Crippen molar-refractivity contribution in [2.45, 2.75) is 19.0 Å². The summed E-state index contributed by atoms with van der Waals surface area (Å²) in [5.74, 6) is -3.34. The Morgan fingerprint density at radius 2 is 1.63 bits per heavy atom. The van der Waals surface area contributed by atoms with Crippen LogP contribution in [0, 0.1) is 0 Å². The maximum atomic E-state index is 12.9. The van der Waals surface area contributed by atoms with Crippen molar-refractivity contribution < 1.29 is 45.8 Å². The molecule has 1 heterocycles. The van der Waals surface area contributed by atoms with Gasteiger partial charge in [0.15, 0.2) is 17.2 Å². The Hall–Kier alpha value is -3.35. The monoisotopic (exact) mass is 437 g/mol. The third-order valence-corrected chi connectivity index (χ3v) is 3.58. The van der Waals surface area contributed by atoms with Gasteiger partial charge in [0.05, 0.1) is 17.7 Å². The summed E-state index contributed by atoms with van der Waals surface area (Å²) in [6, 6.07) is 1.90. The number of aromatic nitrogens is 1. The zero-order chi connectivity index (χ0) is 22.7. The molecule has 0 aliphatic heterocycles. The van der Waals surface area contributed by atoms with Crippen LogP contribution in [0.2, 0.25) is 0 Å². The van der Waals surface area contributed by atoms with Gasteiger partial charge in [0.2, 0.25) is 5.91 Å². The zero-order valence-electron chi connectivity index (χ0n) is 14.8. The second-order valence-electron chi connectivity index (χ2n) is 5.79. The van der Waals surface area contributed by atoms with E-state index in [0.717, 1.165) is 12.3 Å². The van der Waals surface area contributed by atoms with Gasteiger partial charge >= 0.3 is 12.4 Å². The van der Waals surface area contributed by atoms with E-state index < -0.39 is 71.2 Å². The topological polar surface area (TPSA) is 115 Å². The largest absolute Gasteiger partial charge is 0.503 e. The van der Waals surface area contributed by atoms with Crippen LogP contribution in [0.25, 0.3) is 0 Å². The van der Waals surface area contributed by atoms with Crippen molar-refractivity contribution in [2.75, 3.05) is 6.54 Å². The number of ether oxygens (including phenoxy) is 1. The van der Waals surface area contributed by atoms with Crippen LogP contribution >= 0.6 is 0 Å². The highest BCUT2D eigenvalue weighted by Gasteiger charge is 2.37. The van der Waals surface area contributed by atoms with E-state index in [1.165, 1.54) is 0 Å². The van der Waals surface area contributed by atoms with Gasteiger partial charge in [0.25, 0.3) is 5.91 Å². The molecule has 1 aromatic heterocycles. The first-order chi connectivity index (χ1) is 13.8. The van der Waals surface area contributed by atoms with Gasteiger partial charge in [-0.3, -0.25) is 14.9 Å². The molecule has 0 fully saturated rings. The Bertz CT molecular complexity index is 927. The lowest BCUT2D eigenvalue weighted by Gasteiger charge is -2.15. The van der Waals surface area contributed by atoms with Crippen molar-refractivity contribution in [1.82, 2.24) is 10.3 Å². The van der Waals surface area contributed by atoms with Gasteiger partial charge in [-0.15, -0.1) is 0 Å². The van der Waals surface area contributed by atoms with Crippen molar-refractivity contribution in [3.8, 4) is 11.5 Å². The van der Waals surface area contributed by atoms with Crippen LogP contribution in [0.3, 0.4) is 0 Å². The smallest absolute Gasteiger partial charge is 0.416 e. The number of benzene rings is 1. The summed E-state index contributed by atoms with van der Waals surface area (Å²) in [5, 5.41) is 11.8. The average Bonchev–Trinajstić information content (AvgIpc) is 2.65. The highest BCUT2D eigenvalue weighted by molar-refractivity contribution is 6.05. The summed E-state index contributed by atoms with van der Waals surface area (Å²) in [6.07, 6.45) is -9.09. The highest BCUT2D eigenvalue weighted by atomic mass is 19.4. The quantitative estimate of drug-likeness (QED) is 0.620. The van der Waals surface area contributed by atoms with Crippen LogP contribution in [0.5, 0.6) is 11.5 Å². The minimum absolute atomic E-state index is 0.0374. The minimum atomic E-state index is -5.03. The van der Waals surface area contributed by atoms with Crippen LogP contribution in [-0.4, -0.2) is 28.4 Å². The number of aromatic hydroxyl groups is 1. The molecule has 30 heavy (non-hydrogen) atoms. The summed E-state index contributed by atoms with van der Waals surface area (Å²) < 4.78 is 82.5. The number of carbonyl (C=O) groups excluding carboxylic acids is 2. The van der Waals surface area contributed by atoms with Gasteiger partial charge < -0.3 is 15.6 Å². The Morgan fingerprint density at radius 1 is 1.07 bits per heavy atom. The number of hydrogen-bond donors (Lipinski definition) is 3. The van der Waals surface area contributed by atoms with E-state index in [1.54, 1.807) is 5.32 Å². The fraction of sp³-hybridized carbons (Fsp3) is 0.235. The number of nitrogens with two attached hydrogens (primary N) is 1. The number of carbonyl (C=O) groups is 2. The molecule has 0 aliphatic carbocycles. The molecule has 13 heteroatoms. The predicted octanol–water partition coefficient (Wildman–Crippen LogP) is 2.62. The molecular formula is C17H13F6N3O4. The summed E-state index contributed by atoms with van der Waals surface area (Å²) in [4.78, 5) is 26.5. The molecule has 0 aliphatic rings.